The molecular formula is C6H8BrN3. The third kappa shape index (κ3) is 4.31. The van der Waals surface area contributed by atoms with E-state index in [0.717, 1.165) is 11.9 Å². The van der Waals surface area contributed by atoms with Gasteiger partial charge in [-0.05, 0) is 0 Å². The van der Waals surface area contributed by atoms with Gasteiger partial charge in [-0.3, -0.25) is 4.90 Å². The fraction of sp³-hybridized carbons (Fsp3) is 0.667. The van der Waals surface area contributed by atoms with Gasteiger partial charge in [0.2, 0.25) is 0 Å². The van der Waals surface area contributed by atoms with E-state index in [-0.39, 0.29) is 0 Å². The molecule has 0 saturated heterocycles. The van der Waals surface area contributed by atoms with Crippen molar-refractivity contribution in [1.29, 1.82) is 10.5 Å². The summed E-state index contributed by atoms with van der Waals surface area (Å²) in [5.41, 5.74) is 0. The molecule has 0 aliphatic rings. The van der Waals surface area contributed by atoms with Crippen molar-refractivity contribution in [2.75, 3.05) is 25.0 Å². The molecule has 0 amide bonds. The quantitative estimate of drug-likeness (QED) is 0.498. The summed E-state index contributed by atoms with van der Waals surface area (Å²) in [6, 6.07) is 3.98. The minimum absolute atomic E-state index is 0.332. The van der Waals surface area contributed by atoms with Crippen LogP contribution in [0.25, 0.3) is 0 Å². The first kappa shape index (κ1) is 9.42. The molecular weight excluding hydrogens is 194 g/mol. The number of nitriles is 2. The van der Waals surface area contributed by atoms with E-state index in [4.69, 9.17) is 10.5 Å². The van der Waals surface area contributed by atoms with Crippen LogP contribution >= 0.6 is 15.9 Å². The summed E-state index contributed by atoms with van der Waals surface area (Å²) in [5, 5.41) is 17.3. The van der Waals surface area contributed by atoms with Crippen molar-refractivity contribution >= 4 is 15.9 Å². The number of hydrogen-bond donors (Lipinski definition) is 0. The molecule has 0 aromatic carbocycles. The van der Waals surface area contributed by atoms with Gasteiger partial charge >= 0.3 is 0 Å². The largest absolute Gasteiger partial charge is 0.277 e. The Kier molecular flexibility index (Phi) is 6.16. The second-order valence-electron chi connectivity index (χ2n) is 1.72. The molecule has 0 rings (SSSR count). The van der Waals surface area contributed by atoms with E-state index >= 15 is 0 Å². The van der Waals surface area contributed by atoms with Crippen LogP contribution < -0.4 is 0 Å². The molecule has 0 aromatic heterocycles. The first-order valence-electron chi connectivity index (χ1n) is 2.87. The lowest BCUT2D eigenvalue weighted by atomic mass is 10.5. The van der Waals surface area contributed by atoms with E-state index in [1.54, 1.807) is 4.90 Å². The Balaban J connectivity index is 3.54. The molecule has 54 valence electrons. The van der Waals surface area contributed by atoms with E-state index in [2.05, 4.69) is 15.9 Å². The van der Waals surface area contributed by atoms with Crippen molar-refractivity contribution in [3.63, 3.8) is 0 Å². The highest BCUT2D eigenvalue weighted by Crippen LogP contribution is 1.88. The average Bonchev–Trinajstić information content (AvgIpc) is 1.90. The van der Waals surface area contributed by atoms with E-state index in [1.165, 1.54) is 0 Å². The number of hydrogen-bond acceptors (Lipinski definition) is 3. The van der Waals surface area contributed by atoms with Crippen LogP contribution in [0.15, 0.2) is 0 Å². The first-order chi connectivity index (χ1) is 4.85. The molecule has 0 fully saturated rings. The van der Waals surface area contributed by atoms with Crippen LogP contribution in [0.5, 0.6) is 0 Å². The smallest absolute Gasteiger partial charge is 0.0874 e. The van der Waals surface area contributed by atoms with Crippen LogP contribution in [0.2, 0.25) is 0 Å². The Morgan fingerprint density at radius 3 is 2.00 bits per heavy atom. The van der Waals surface area contributed by atoms with E-state index < -0.39 is 0 Å². The summed E-state index contributed by atoms with van der Waals surface area (Å²) in [4.78, 5) is 1.77. The van der Waals surface area contributed by atoms with Crippen LogP contribution in [-0.4, -0.2) is 29.9 Å². The Hall–Kier alpha value is -0.580. The lowest BCUT2D eigenvalue weighted by Gasteiger charge is -2.11. The van der Waals surface area contributed by atoms with Crippen molar-refractivity contribution in [2.24, 2.45) is 0 Å². The van der Waals surface area contributed by atoms with Gasteiger partial charge in [0.25, 0.3) is 0 Å². The second kappa shape index (κ2) is 6.54. The predicted octanol–water partition coefficient (Wildman–Crippen LogP) is 0.730. The zero-order valence-corrected chi connectivity index (χ0v) is 7.13. The van der Waals surface area contributed by atoms with Gasteiger partial charge in [0.05, 0.1) is 25.2 Å². The number of nitrogens with zero attached hydrogens (tertiary/aromatic N) is 3. The number of rotatable bonds is 4. The molecule has 3 nitrogen and oxygen atoms in total. The molecule has 0 radical (unpaired) electrons. The molecule has 0 aliphatic carbocycles. The van der Waals surface area contributed by atoms with Gasteiger partial charge in [-0.2, -0.15) is 10.5 Å². The van der Waals surface area contributed by atoms with Crippen molar-refractivity contribution in [3.8, 4) is 12.1 Å². The summed E-state index contributed by atoms with van der Waals surface area (Å²) in [7, 11) is 0. The maximum atomic E-state index is 8.27. The van der Waals surface area contributed by atoms with Gasteiger partial charge in [-0.15, -0.1) is 0 Å². The zero-order valence-electron chi connectivity index (χ0n) is 5.55. The monoisotopic (exact) mass is 201 g/mol. The van der Waals surface area contributed by atoms with Crippen molar-refractivity contribution in [2.45, 2.75) is 0 Å². The Labute approximate surface area is 69.0 Å². The summed E-state index contributed by atoms with van der Waals surface area (Å²) in [5.74, 6) is 0. The van der Waals surface area contributed by atoms with Crippen LogP contribution in [0.4, 0.5) is 0 Å². The molecule has 0 unspecified atom stereocenters. The molecule has 0 heterocycles. The molecule has 0 aliphatic heterocycles. The molecule has 0 spiro atoms. The van der Waals surface area contributed by atoms with E-state index in [0.29, 0.717) is 13.1 Å². The highest BCUT2D eigenvalue weighted by molar-refractivity contribution is 9.09. The molecule has 0 aromatic rings. The van der Waals surface area contributed by atoms with Gasteiger partial charge in [0.1, 0.15) is 0 Å². The molecule has 0 bridgehead atoms. The summed E-state index contributed by atoms with van der Waals surface area (Å²) < 4.78 is 0. The van der Waals surface area contributed by atoms with Gasteiger partial charge in [-0.1, -0.05) is 15.9 Å². The minimum Gasteiger partial charge on any atom is -0.277 e. The number of halogens is 1. The average molecular weight is 202 g/mol. The first-order valence-corrected chi connectivity index (χ1v) is 3.99. The fourth-order valence-corrected chi connectivity index (χ4v) is 1.04. The molecule has 0 atom stereocenters. The summed E-state index contributed by atoms with van der Waals surface area (Å²) in [6.45, 7) is 1.42. The maximum Gasteiger partial charge on any atom is 0.0874 e. The fourth-order valence-electron chi connectivity index (χ4n) is 0.534. The highest BCUT2D eigenvalue weighted by Gasteiger charge is 1.99. The zero-order chi connectivity index (χ0) is 7.82. The predicted molar refractivity (Wildman–Crippen MR) is 41.5 cm³/mol. The van der Waals surface area contributed by atoms with E-state index in [9.17, 15) is 0 Å². The lowest BCUT2D eigenvalue weighted by Crippen LogP contribution is -2.26. The lowest BCUT2D eigenvalue weighted by molar-refractivity contribution is 0.366. The summed E-state index contributed by atoms with van der Waals surface area (Å²) in [6.07, 6.45) is 0. The Morgan fingerprint density at radius 2 is 1.70 bits per heavy atom. The topological polar surface area (TPSA) is 50.8 Å². The highest BCUT2D eigenvalue weighted by atomic mass is 79.9. The van der Waals surface area contributed by atoms with Crippen LogP contribution in [0.1, 0.15) is 0 Å². The van der Waals surface area contributed by atoms with Gasteiger partial charge in [0.15, 0.2) is 0 Å². The van der Waals surface area contributed by atoms with Gasteiger partial charge < -0.3 is 0 Å². The normalized spacial score (nSPS) is 8.80. The number of alkyl halides is 1. The van der Waals surface area contributed by atoms with Crippen LogP contribution in [0.3, 0.4) is 0 Å². The molecule has 0 N–H and O–H groups in total. The molecule has 4 heteroatoms. The standard InChI is InChI=1S/C6H8BrN3/c7-1-4-10(5-2-8)6-3-9/h1,4-6H2. The van der Waals surface area contributed by atoms with Gasteiger partial charge in [0, 0.05) is 11.9 Å². The van der Waals surface area contributed by atoms with Crippen LogP contribution in [-0.2, 0) is 0 Å². The van der Waals surface area contributed by atoms with Crippen molar-refractivity contribution < 1.29 is 0 Å². The Morgan fingerprint density at radius 1 is 1.20 bits per heavy atom. The van der Waals surface area contributed by atoms with Crippen molar-refractivity contribution in [3.05, 3.63) is 0 Å². The van der Waals surface area contributed by atoms with Crippen molar-refractivity contribution in [1.82, 2.24) is 4.90 Å². The van der Waals surface area contributed by atoms with Gasteiger partial charge in [-0.25, -0.2) is 0 Å². The summed E-state index contributed by atoms with van der Waals surface area (Å²) >= 11 is 3.23. The van der Waals surface area contributed by atoms with E-state index in [1.807, 2.05) is 12.1 Å². The Bertz CT molecular complexity index is 139. The molecule has 10 heavy (non-hydrogen) atoms. The minimum atomic E-state index is 0.332. The maximum absolute atomic E-state index is 8.27. The van der Waals surface area contributed by atoms with Crippen LogP contribution in [0, 0.1) is 22.7 Å². The SMILES string of the molecule is N#CCN(CC#N)CCBr. The third-order valence-electron chi connectivity index (χ3n) is 0.989. The second-order valence-corrected chi connectivity index (χ2v) is 2.51. The third-order valence-corrected chi connectivity index (χ3v) is 1.34. The molecule has 0 saturated carbocycles.